The van der Waals surface area contributed by atoms with Gasteiger partial charge >= 0.3 is 0 Å². The number of aliphatic hydroxyl groups is 1. The molecule has 0 aromatic heterocycles. The predicted molar refractivity (Wildman–Crippen MR) is 83.1 cm³/mol. The first-order valence-electron chi connectivity index (χ1n) is 8.20. The minimum absolute atomic E-state index is 0.00732. The van der Waals surface area contributed by atoms with Crippen molar-refractivity contribution in [3.8, 4) is 0 Å². The van der Waals surface area contributed by atoms with Crippen LogP contribution >= 0.6 is 0 Å². The highest BCUT2D eigenvalue weighted by atomic mass is 16.3. The summed E-state index contributed by atoms with van der Waals surface area (Å²) in [6.45, 7) is 0.815. The molecule has 2 aliphatic carbocycles. The van der Waals surface area contributed by atoms with Gasteiger partial charge in [-0.15, -0.1) is 0 Å². The fourth-order valence-corrected chi connectivity index (χ4v) is 3.94. The fraction of sp³-hybridized carbons (Fsp3) is 0.611. The topological polar surface area (TPSA) is 49.3 Å². The fourth-order valence-electron chi connectivity index (χ4n) is 3.94. The zero-order valence-corrected chi connectivity index (χ0v) is 12.6. The summed E-state index contributed by atoms with van der Waals surface area (Å²) in [4.78, 5) is 12.6. The standard InChI is InChI=1S/C18H25NO2/c20-13-18(10-3-4-11-18)12-19-17(21)16-9-5-7-14-6-1-2-8-15(14)16/h1-2,6,8,16,20H,3-5,7,9-13H2,(H,19,21). The normalized spacial score (nSPS) is 23.6. The van der Waals surface area contributed by atoms with Gasteiger partial charge in [-0.3, -0.25) is 4.79 Å². The summed E-state index contributed by atoms with van der Waals surface area (Å²) in [5, 5.41) is 12.8. The summed E-state index contributed by atoms with van der Waals surface area (Å²) >= 11 is 0. The Bertz CT molecular complexity index is 506. The average Bonchev–Trinajstić information content (AvgIpc) is 3.01. The van der Waals surface area contributed by atoms with Gasteiger partial charge in [-0.2, -0.15) is 0 Å². The van der Waals surface area contributed by atoms with Crippen molar-refractivity contribution in [1.82, 2.24) is 5.32 Å². The molecule has 0 saturated heterocycles. The van der Waals surface area contributed by atoms with Crippen molar-refractivity contribution in [2.75, 3.05) is 13.2 Å². The Labute approximate surface area is 126 Å². The molecule has 1 saturated carbocycles. The Balaban J connectivity index is 1.66. The van der Waals surface area contributed by atoms with E-state index in [0.29, 0.717) is 6.54 Å². The zero-order chi connectivity index (χ0) is 14.7. The van der Waals surface area contributed by atoms with Crippen LogP contribution in [0, 0.1) is 5.41 Å². The lowest BCUT2D eigenvalue weighted by Crippen LogP contribution is -2.40. The molecule has 3 nitrogen and oxygen atoms in total. The number of aliphatic hydroxyl groups excluding tert-OH is 1. The molecule has 1 aromatic carbocycles. The molecule has 1 amide bonds. The SMILES string of the molecule is O=C(NCC1(CO)CCCC1)C1CCCc2ccccc21. The summed E-state index contributed by atoms with van der Waals surface area (Å²) in [6, 6.07) is 8.31. The van der Waals surface area contributed by atoms with Crippen molar-refractivity contribution in [2.24, 2.45) is 5.41 Å². The lowest BCUT2D eigenvalue weighted by Gasteiger charge is -2.29. The lowest BCUT2D eigenvalue weighted by atomic mass is 9.81. The van der Waals surface area contributed by atoms with Crippen LogP contribution in [0.3, 0.4) is 0 Å². The first-order chi connectivity index (χ1) is 10.2. The Kier molecular flexibility index (Phi) is 4.29. The van der Waals surface area contributed by atoms with E-state index in [1.54, 1.807) is 0 Å². The van der Waals surface area contributed by atoms with Crippen LogP contribution in [0.15, 0.2) is 24.3 Å². The van der Waals surface area contributed by atoms with Gasteiger partial charge in [0.1, 0.15) is 0 Å². The second kappa shape index (κ2) is 6.18. The van der Waals surface area contributed by atoms with Gasteiger partial charge in [0.15, 0.2) is 0 Å². The lowest BCUT2D eigenvalue weighted by molar-refractivity contribution is -0.123. The van der Waals surface area contributed by atoms with Gasteiger partial charge < -0.3 is 10.4 Å². The number of fused-ring (bicyclic) bond motifs is 1. The van der Waals surface area contributed by atoms with E-state index < -0.39 is 0 Å². The molecule has 3 rings (SSSR count). The number of hydrogen-bond donors (Lipinski definition) is 2. The van der Waals surface area contributed by atoms with E-state index in [4.69, 9.17) is 0 Å². The van der Waals surface area contributed by atoms with Gasteiger partial charge in [0.05, 0.1) is 12.5 Å². The van der Waals surface area contributed by atoms with Gasteiger partial charge in [-0.05, 0) is 43.2 Å². The number of amides is 1. The molecule has 114 valence electrons. The summed E-state index contributed by atoms with van der Waals surface area (Å²) < 4.78 is 0. The second-order valence-electron chi connectivity index (χ2n) is 6.73. The Hall–Kier alpha value is -1.35. The number of hydrogen-bond acceptors (Lipinski definition) is 2. The summed E-state index contributed by atoms with van der Waals surface area (Å²) in [6.07, 6.45) is 7.51. The minimum Gasteiger partial charge on any atom is -0.396 e. The van der Waals surface area contributed by atoms with Crippen LogP contribution in [0.5, 0.6) is 0 Å². The van der Waals surface area contributed by atoms with Crippen molar-refractivity contribution in [3.05, 3.63) is 35.4 Å². The minimum atomic E-state index is -0.0656. The van der Waals surface area contributed by atoms with Crippen molar-refractivity contribution in [3.63, 3.8) is 0 Å². The number of rotatable bonds is 4. The van der Waals surface area contributed by atoms with Crippen LogP contribution < -0.4 is 5.32 Å². The molecule has 0 aliphatic heterocycles. The highest BCUT2D eigenvalue weighted by Gasteiger charge is 2.34. The second-order valence-corrected chi connectivity index (χ2v) is 6.73. The zero-order valence-electron chi connectivity index (χ0n) is 12.6. The van der Waals surface area contributed by atoms with Gasteiger partial charge in [0.2, 0.25) is 5.91 Å². The highest BCUT2D eigenvalue weighted by Crippen LogP contribution is 2.37. The van der Waals surface area contributed by atoms with E-state index in [0.717, 1.165) is 32.1 Å². The molecule has 0 heterocycles. The number of carbonyl (C=O) groups excluding carboxylic acids is 1. The van der Waals surface area contributed by atoms with Crippen molar-refractivity contribution >= 4 is 5.91 Å². The quantitative estimate of drug-likeness (QED) is 0.894. The maximum absolute atomic E-state index is 12.6. The van der Waals surface area contributed by atoms with Crippen molar-refractivity contribution in [2.45, 2.75) is 50.9 Å². The van der Waals surface area contributed by atoms with Gasteiger partial charge in [0, 0.05) is 12.0 Å². The molecular weight excluding hydrogens is 262 g/mol. The van der Waals surface area contributed by atoms with Crippen LogP contribution in [0.1, 0.15) is 55.6 Å². The Morgan fingerprint density at radius 3 is 2.76 bits per heavy atom. The van der Waals surface area contributed by atoms with E-state index >= 15 is 0 Å². The summed E-state index contributed by atoms with van der Waals surface area (Å²) in [7, 11) is 0. The van der Waals surface area contributed by atoms with E-state index in [9.17, 15) is 9.90 Å². The predicted octanol–water partition coefficient (Wildman–Crippen LogP) is 2.78. The average molecular weight is 287 g/mol. The third-order valence-electron chi connectivity index (χ3n) is 5.32. The maximum Gasteiger partial charge on any atom is 0.227 e. The number of nitrogens with one attached hydrogen (secondary N) is 1. The maximum atomic E-state index is 12.6. The van der Waals surface area contributed by atoms with Gasteiger partial charge in [-0.1, -0.05) is 37.1 Å². The highest BCUT2D eigenvalue weighted by molar-refractivity contribution is 5.84. The summed E-state index contributed by atoms with van der Waals surface area (Å²) in [5.74, 6) is 0.133. The smallest absolute Gasteiger partial charge is 0.227 e. The molecule has 2 aliphatic rings. The van der Waals surface area contributed by atoms with E-state index in [1.807, 2.05) is 6.07 Å². The number of benzene rings is 1. The molecule has 21 heavy (non-hydrogen) atoms. The van der Waals surface area contributed by atoms with Crippen LogP contribution in [-0.2, 0) is 11.2 Å². The molecule has 0 radical (unpaired) electrons. The third-order valence-corrected chi connectivity index (χ3v) is 5.32. The first kappa shape index (κ1) is 14.6. The molecule has 1 fully saturated rings. The van der Waals surface area contributed by atoms with Gasteiger partial charge in [-0.25, -0.2) is 0 Å². The van der Waals surface area contributed by atoms with Crippen LogP contribution in [0.2, 0.25) is 0 Å². The molecule has 0 bridgehead atoms. The van der Waals surface area contributed by atoms with E-state index in [-0.39, 0.29) is 23.8 Å². The summed E-state index contributed by atoms with van der Waals surface area (Å²) in [5.41, 5.74) is 2.46. The van der Waals surface area contributed by atoms with E-state index in [2.05, 4.69) is 23.5 Å². The molecule has 3 heteroatoms. The molecular formula is C18H25NO2. The van der Waals surface area contributed by atoms with Crippen LogP contribution in [-0.4, -0.2) is 24.2 Å². The van der Waals surface area contributed by atoms with Gasteiger partial charge in [0.25, 0.3) is 0 Å². The number of aryl methyl sites for hydroxylation is 1. The first-order valence-corrected chi connectivity index (χ1v) is 8.20. The Morgan fingerprint density at radius 2 is 2.00 bits per heavy atom. The Morgan fingerprint density at radius 1 is 1.24 bits per heavy atom. The molecule has 0 spiro atoms. The van der Waals surface area contributed by atoms with Crippen LogP contribution in [0.4, 0.5) is 0 Å². The third kappa shape index (κ3) is 2.98. The van der Waals surface area contributed by atoms with Crippen LogP contribution in [0.25, 0.3) is 0 Å². The van der Waals surface area contributed by atoms with E-state index in [1.165, 1.54) is 24.0 Å². The molecule has 1 atom stereocenters. The largest absolute Gasteiger partial charge is 0.396 e. The molecule has 2 N–H and O–H groups in total. The van der Waals surface area contributed by atoms with Crippen molar-refractivity contribution < 1.29 is 9.90 Å². The van der Waals surface area contributed by atoms with Crippen molar-refractivity contribution in [1.29, 1.82) is 0 Å². The monoisotopic (exact) mass is 287 g/mol. The molecule has 1 unspecified atom stereocenters. The number of carbonyl (C=O) groups is 1. The molecule has 1 aromatic rings.